The highest BCUT2D eigenvalue weighted by Gasteiger charge is 2.13. The van der Waals surface area contributed by atoms with Crippen molar-refractivity contribution in [3.8, 4) is 17.2 Å². The molecule has 0 spiro atoms. The van der Waals surface area contributed by atoms with Gasteiger partial charge < -0.3 is 19.9 Å². The Morgan fingerprint density at radius 2 is 1.65 bits per heavy atom. The van der Waals surface area contributed by atoms with Crippen LogP contribution < -0.4 is 14.8 Å². The topological polar surface area (TPSA) is 67.8 Å². The van der Waals surface area contributed by atoms with E-state index >= 15 is 0 Å². The van der Waals surface area contributed by atoms with Gasteiger partial charge in [-0.3, -0.25) is 4.79 Å². The molecule has 0 aliphatic rings. The highest BCUT2D eigenvalue weighted by atomic mass is 16.5. The molecule has 0 saturated carbocycles. The minimum atomic E-state index is -0.0911. The van der Waals surface area contributed by atoms with E-state index in [2.05, 4.69) is 5.32 Å². The molecule has 5 heteroatoms. The Hall–Kier alpha value is -2.69. The van der Waals surface area contributed by atoms with Gasteiger partial charge in [-0.05, 0) is 36.2 Å². The minimum Gasteiger partial charge on any atom is -0.508 e. The molecule has 1 amide bonds. The zero-order valence-corrected chi connectivity index (χ0v) is 13.3. The molecule has 0 radical (unpaired) electrons. The number of rotatable bonds is 7. The van der Waals surface area contributed by atoms with Gasteiger partial charge in [0.1, 0.15) is 17.2 Å². The summed E-state index contributed by atoms with van der Waals surface area (Å²) < 4.78 is 10.6. The van der Waals surface area contributed by atoms with E-state index in [0.717, 1.165) is 11.1 Å². The number of nitrogens with one attached hydrogen (secondary N) is 1. The standard InChI is InChI=1S/C18H21NO4/c1-22-16-4-3-5-17(23-2)15(16)12-18(21)19-11-10-13-6-8-14(20)9-7-13/h3-9,20H,10-12H2,1-2H3,(H,19,21). The van der Waals surface area contributed by atoms with Crippen LogP contribution in [0.3, 0.4) is 0 Å². The van der Waals surface area contributed by atoms with Crippen molar-refractivity contribution in [3.05, 3.63) is 53.6 Å². The number of benzene rings is 2. The highest BCUT2D eigenvalue weighted by molar-refractivity contribution is 5.80. The Balaban J connectivity index is 1.91. The SMILES string of the molecule is COc1cccc(OC)c1CC(=O)NCCc1ccc(O)cc1. The lowest BCUT2D eigenvalue weighted by Gasteiger charge is -2.13. The van der Waals surface area contributed by atoms with Crippen LogP contribution in [-0.2, 0) is 17.6 Å². The summed E-state index contributed by atoms with van der Waals surface area (Å²) in [7, 11) is 3.14. The summed E-state index contributed by atoms with van der Waals surface area (Å²) in [5.74, 6) is 1.42. The summed E-state index contributed by atoms with van der Waals surface area (Å²) in [6.45, 7) is 0.529. The first-order chi connectivity index (χ1) is 11.1. The van der Waals surface area contributed by atoms with Gasteiger partial charge in [0.2, 0.25) is 5.91 Å². The molecule has 23 heavy (non-hydrogen) atoms. The Morgan fingerprint density at radius 3 is 2.22 bits per heavy atom. The van der Waals surface area contributed by atoms with Crippen molar-refractivity contribution in [2.75, 3.05) is 20.8 Å². The van der Waals surface area contributed by atoms with Gasteiger partial charge in [-0.15, -0.1) is 0 Å². The fraction of sp³-hybridized carbons (Fsp3) is 0.278. The molecule has 0 fully saturated rings. The van der Waals surface area contributed by atoms with E-state index in [1.54, 1.807) is 26.4 Å². The number of phenols is 1. The molecule has 0 unspecified atom stereocenters. The Kier molecular flexibility index (Phi) is 5.86. The van der Waals surface area contributed by atoms with Gasteiger partial charge in [0, 0.05) is 12.1 Å². The lowest BCUT2D eigenvalue weighted by atomic mass is 10.1. The predicted molar refractivity (Wildman–Crippen MR) is 88.1 cm³/mol. The average molecular weight is 315 g/mol. The smallest absolute Gasteiger partial charge is 0.224 e. The maximum Gasteiger partial charge on any atom is 0.224 e. The second kappa shape index (κ2) is 8.08. The number of carbonyl (C=O) groups is 1. The van der Waals surface area contributed by atoms with Gasteiger partial charge in [0.05, 0.1) is 20.6 Å². The number of aromatic hydroxyl groups is 1. The monoisotopic (exact) mass is 315 g/mol. The summed E-state index contributed by atoms with van der Waals surface area (Å²) in [5, 5.41) is 12.1. The summed E-state index contributed by atoms with van der Waals surface area (Å²) in [4.78, 5) is 12.1. The summed E-state index contributed by atoms with van der Waals surface area (Å²) in [6.07, 6.45) is 0.901. The number of hydrogen-bond donors (Lipinski definition) is 2. The molecule has 2 aromatic carbocycles. The van der Waals surface area contributed by atoms with E-state index in [0.29, 0.717) is 24.5 Å². The minimum absolute atomic E-state index is 0.0911. The Bertz CT molecular complexity index is 630. The number of carbonyl (C=O) groups excluding carboxylic acids is 1. The third-order valence-electron chi connectivity index (χ3n) is 3.54. The molecule has 0 atom stereocenters. The van der Waals surface area contributed by atoms with Crippen LogP contribution in [0.4, 0.5) is 0 Å². The molecule has 2 rings (SSSR count). The van der Waals surface area contributed by atoms with E-state index in [9.17, 15) is 9.90 Å². The molecule has 122 valence electrons. The van der Waals surface area contributed by atoms with Crippen molar-refractivity contribution in [2.45, 2.75) is 12.8 Å². The van der Waals surface area contributed by atoms with Gasteiger partial charge in [0.15, 0.2) is 0 Å². The van der Waals surface area contributed by atoms with Crippen molar-refractivity contribution in [3.63, 3.8) is 0 Å². The van der Waals surface area contributed by atoms with E-state index in [1.165, 1.54) is 0 Å². The number of ether oxygens (including phenoxy) is 2. The van der Waals surface area contributed by atoms with Crippen LogP contribution in [-0.4, -0.2) is 31.8 Å². The van der Waals surface area contributed by atoms with Crippen LogP contribution >= 0.6 is 0 Å². The average Bonchev–Trinajstić information content (AvgIpc) is 2.57. The van der Waals surface area contributed by atoms with E-state index in [1.807, 2.05) is 30.3 Å². The van der Waals surface area contributed by atoms with Gasteiger partial charge in [-0.2, -0.15) is 0 Å². The van der Waals surface area contributed by atoms with Crippen molar-refractivity contribution in [2.24, 2.45) is 0 Å². The first-order valence-electron chi connectivity index (χ1n) is 7.38. The van der Waals surface area contributed by atoms with Crippen LogP contribution in [0.5, 0.6) is 17.2 Å². The Morgan fingerprint density at radius 1 is 1.04 bits per heavy atom. The van der Waals surface area contributed by atoms with Gasteiger partial charge >= 0.3 is 0 Å². The lowest BCUT2D eigenvalue weighted by molar-refractivity contribution is -0.120. The third-order valence-corrected chi connectivity index (χ3v) is 3.54. The molecule has 2 aromatic rings. The first kappa shape index (κ1) is 16.7. The fourth-order valence-electron chi connectivity index (χ4n) is 2.33. The van der Waals surface area contributed by atoms with Crippen LogP contribution in [0.2, 0.25) is 0 Å². The zero-order chi connectivity index (χ0) is 16.7. The summed E-state index contributed by atoms with van der Waals surface area (Å²) in [5.41, 5.74) is 1.79. The predicted octanol–water partition coefficient (Wildman–Crippen LogP) is 2.31. The quantitative estimate of drug-likeness (QED) is 0.823. The van der Waals surface area contributed by atoms with Crippen molar-refractivity contribution < 1.29 is 19.4 Å². The number of methoxy groups -OCH3 is 2. The molecule has 0 saturated heterocycles. The molecule has 0 aromatic heterocycles. The van der Waals surface area contributed by atoms with E-state index in [-0.39, 0.29) is 18.1 Å². The lowest BCUT2D eigenvalue weighted by Crippen LogP contribution is -2.27. The fourth-order valence-corrected chi connectivity index (χ4v) is 2.33. The molecule has 0 aliphatic carbocycles. The number of phenolic OH excluding ortho intramolecular Hbond substituents is 1. The van der Waals surface area contributed by atoms with Crippen LogP contribution in [0.1, 0.15) is 11.1 Å². The summed E-state index contributed by atoms with van der Waals surface area (Å²) in [6, 6.07) is 12.4. The van der Waals surface area contributed by atoms with E-state index < -0.39 is 0 Å². The van der Waals surface area contributed by atoms with Gasteiger partial charge in [-0.1, -0.05) is 18.2 Å². The summed E-state index contributed by atoms with van der Waals surface area (Å²) >= 11 is 0. The maximum atomic E-state index is 12.1. The Labute approximate surface area is 135 Å². The number of amides is 1. The molecule has 5 nitrogen and oxygen atoms in total. The third kappa shape index (κ3) is 4.64. The second-order valence-corrected chi connectivity index (χ2v) is 5.08. The first-order valence-corrected chi connectivity index (χ1v) is 7.38. The van der Waals surface area contributed by atoms with Crippen molar-refractivity contribution in [1.82, 2.24) is 5.32 Å². The molecular formula is C18H21NO4. The maximum absolute atomic E-state index is 12.1. The van der Waals surface area contributed by atoms with Crippen molar-refractivity contribution in [1.29, 1.82) is 0 Å². The molecule has 0 bridgehead atoms. The van der Waals surface area contributed by atoms with Crippen molar-refractivity contribution >= 4 is 5.91 Å². The zero-order valence-electron chi connectivity index (χ0n) is 13.3. The largest absolute Gasteiger partial charge is 0.508 e. The molecular weight excluding hydrogens is 294 g/mol. The van der Waals surface area contributed by atoms with Gasteiger partial charge in [0.25, 0.3) is 0 Å². The number of hydrogen-bond acceptors (Lipinski definition) is 4. The molecule has 0 heterocycles. The molecule has 2 N–H and O–H groups in total. The van der Waals surface area contributed by atoms with Crippen LogP contribution in [0.25, 0.3) is 0 Å². The van der Waals surface area contributed by atoms with Gasteiger partial charge in [-0.25, -0.2) is 0 Å². The normalized spacial score (nSPS) is 10.2. The van der Waals surface area contributed by atoms with Crippen LogP contribution in [0, 0.1) is 0 Å². The van der Waals surface area contributed by atoms with Crippen LogP contribution in [0.15, 0.2) is 42.5 Å². The highest BCUT2D eigenvalue weighted by Crippen LogP contribution is 2.28. The van der Waals surface area contributed by atoms with E-state index in [4.69, 9.17) is 9.47 Å². The second-order valence-electron chi connectivity index (χ2n) is 5.08. The molecule has 0 aliphatic heterocycles.